The Kier molecular flexibility index (Phi) is 4.95. The molecule has 2 aromatic rings. The van der Waals surface area contributed by atoms with Crippen LogP contribution >= 0.6 is 0 Å². The Morgan fingerprint density at radius 1 is 1.17 bits per heavy atom. The van der Waals surface area contributed by atoms with Gasteiger partial charge < -0.3 is 15.0 Å². The number of fused-ring (bicyclic) bond motifs is 2. The molecule has 7 heteroatoms. The van der Waals surface area contributed by atoms with Crippen molar-refractivity contribution in [3.05, 3.63) is 35.3 Å². The van der Waals surface area contributed by atoms with Gasteiger partial charge in [0.15, 0.2) is 0 Å². The Labute approximate surface area is 177 Å². The molecule has 1 saturated heterocycles. The quantitative estimate of drug-likeness (QED) is 0.837. The molecule has 30 heavy (non-hydrogen) atoms. The first-order valence-corrected chi connectivity index (χ1v) is 10.6. The van der Waals surface area contributed by atoms with Crippen molar-refractivity contribution < 1.29 is 14.3 Å². The number of rotatable bonds is 3. The SMILES string of the molecule is Cc1nc(C(C)NC(=O)C2[C@H]3CN(C(=O)OC(C)(C)C)C[C@@H]23)c2cccc(C)c2n1. The third-order valence-corrected chi connectivity index (χ3v) is 5.99. The highest BCUT2D eigenvalue weighted by Crippen LogP contribution is 2.52. The van der Waals surface area contributed by atoms with E-state index in [1.54, 1.807) is 4.90 Å². The predicted molar refractivity (Wildman–Crippen MR) is 114 cm³/mol. The zero-order valence-electron chi connectivity index (χ0n) is 18.5. The number of para-hydroxylation sites is 1. The second-order valence-electron chi connectivity index (χ2n) is 9.60. The Bertz CT molecular complexity index is 1000. The highest BCUT2D eigenvalue weighted by molar-refractivity contribution is 5.86. The van der Waals surface area contributed by atoms with Crippen LogP contribution in [0.5, 0.6) is 0 Å². The minimum Gasteiger partial charge on any atom is -0.444 e. The smallest absolute Gasteiger partial charge is 0.410 e. The second-order valence-corrected chi connectivity index (χ2v) is 9.60. The normalized spacial score (nSPS) is 23.8. The van der Waals surface area contributed by atoms with Crippen LogP contribution in [0.25, 0.3) is 10.9 Å². The van der Waals surface area contributed by atoms with Gasteiger partial charge in [-0.1, -0.05) is 18.2 Å². The number of carbonyl (C=O) groups is 2. The molecular formula is C23H30N4O3. The Hall–Kier alpha value is -2.70. The molecule has 0 spiro atoms. The van der Waals surface area contributed by atoms with Gasteiger partial charge in [-0.05, 0) is 58.9 Å². The molecule has 0 bridgehead atoms. The van der Waals surface area contributed by atoms with Gasteiger partial charge in [0.05, 0.1) is 17.3 Å². The fraction of sp³-hybridized carbons (Fsp3) is 0.565. The van der Waals surface area contributed by atoms with Crippen molar-refractivity contribution in [3.8, 4) is 0 Å². The highest BCUT2D eigenvalue weighted by atomic mass is 16.6. The first kappa shape index (κ1) is 20.6. The molecule has 2 amide bonds. The van der Waals surface area contributed by atoms with E-state index in [0.717, 1.165) is 22.2 Å². The van der Waals surface area contributed by atoms with Gasteiger partial charge in [-0.2, -0.15) is 0 Å². The van der Waals surface area contributed by atoms with Crippen molar-refractivity contribution in [2.45, 2.75) is 53.2 Å². The van der Waals surface area contributed by atoms with Gasteiger partial charge in [0.25, 0.3) is 0 Å². The van der Waals surface area contributed by atoms with Crippen LogP contribution in [0.1, 0.15) is 50.8 Å². The molecular weight excluding hydrogens is 380 g/mol. The summed E-state index contributed by atoms with van der Waals surface area (Å²) in [5.74, 6) is 1.14. The summed E-state index contributed by atoms with van der Waals surface area (Å²) >= 11 is 0. The number of amides is 2. The average molecular weight is 411 g/mol. The maximum Gasteiger partial charge on any atom is 0.410 e. The molecule has 4 atom stereocenters. The number of benzene rings is 1. The number of hydrogen-bond donors (Lipinski definition) is 1. The number of likely N-dealkylation sites (tertiary alicyclic amines) is 1. The summed E-state index contributed by atoms with van der Waals surface area (Å²) in [6.07, 6.45) is -0.291. The van der Waals surface area contributed by atoms with Crippen LogP contribution < -0.4 is 5.32 Å². The fourth-order valence-electron chi connectivity index (χ4n) is 4.53. The van der Waals surface area contributed by atoms with Crippen LogP contribution in [0, 0.1) is 31.6 Å². The molecule has 1 saturated carbocycles. The molecule has 2 fully saturated rings. The van der Waals surface area contributed by atoms with Gasteiger partial charge in [-0.15, -0.1) is 0 Å². The number of nitrogens with zero attached hydrogens (tertiary/aromatic N) is 3. The Morgan fingerprint density at radius 2 is 1.83 bits per heavy atom. The van der Waals surface area contributed by atoms with Gasteiger partial charge >= 0.3 is 6.09 Å². The van der Waals surface area contributed by atoms with E-state index in [1.165, 1.54) is 0 Å². The van der Waals surface area contributed by atoms with Crippen LogP contribution in [0.2, 0.25) is 0 Å². The zero-order chi connectivity index (χ0) is 21.8. The van der Waals surface area contributed by atoms with Gasteiger partial charge in [-0.3, -0.25) is 4.79 Å². The zero-order valence-corrected chi connectivity index (χ0v) is 18.5. The lowest BCUT2D eigenvalue weighted by atomic mass is 10.1. The van der Waals surface area contributed by atoms with E-state index in [-0.39, 0.29) is 35.8 Å². The molecule has 2 heterocycles. The van der Waals surface area contributed by atoms with E-state index in [2.05, 4.69) is 15.3 Å². The lowest BCUT2D eigenvalue weighted by molar-refractivity contribution is -0.124. The fourth-order valence-corrected chi connectivity index (χ4v) is 4.53. The molecule has 1 aliphatic carbocycles. The van der Waals surface area contributed by atoms with Gasteiger partial charge in [-0.25, -0.2) is 14.8 Å². The Balaban J connectivity index is 1.41. The highest BCUT2D eigenvalue weighted by Gasteiger charge is 2.60. The van der Waals surface area contributed by atoms with Gasteiger partial charge in [0, 0.05) is 24.4 Å². The third-order valence-electron chi connectivity index (χ3n) is 5.99. The average Bonchev–Trinajstić information content (AvgIpc) is 3.14. The minimum atomic E-state index is -0.507. The lowest BCUT2D eigenvalue weighted by Gasteiger charge is -2.26. The summed E-state index contributed by atoms with van der Waals surface area (Å²) in [6.45, 7) is 12.6. The summed E-state index contributed by atoms with van der Waals surface area (Å²) in [4.78, 5) is 36.1. The number of nitrogens with one attached hydrogen (secondary N) is 1. The number of ether oxygens (including phenoxy) is 1. The predicted octanol–water partition coefficient (Wildman–Crippen LogP) is 3.54. The summed E-state index contributed by atoms with van der Waals surface area (Å²) in [5, 5.41) is 4.12. The molecule has 1 aromatic carbocycles. The molecule has 2 aliphatic rings. The monoisotopic (exact) mass is 410 g/mol. The first-order chi connectivity index (χ1) is 14.0. The molecule has 4 rings (SSSR count). The number of aromatic nitrogens is 2. The molecule has 1 aromatic heterocycles. The number of piperidine rings is 1. The van der Waals surface area contributed by atoms with Crippen molar-refractivity contribution >= 4 is 22.9 Å². The minimum absolute atomic E-state index is 0.0397. The molecule has 0 radical (unpaired) electrons. The van der Waals surface area contributed by atoms with E-state index in [4.69, 9.17) is 4.74 Å². The lowest BCUT2D eigenvalue weighted by Crippen LogP contribution is -2.39. The summed E-state index contributed by atoms with van der Waals surface area (Å²) in [6, 6.07) is 5.81. The summed E-state index contributed by atoms with van der Waals surface area (Å²) in [5.41, 5.74) is 2.36. The van der Waals surface area contributed by atoms with Crippen LogP contribution in [-0.4, -0.2) is 45.6 Å². The van der Waals surface area contributed by atoms with Crippen LogP contribution in [0.4, 0.5) is 4.79 Å². The molecule has 1 N–H and O–H groups in total. The molecule has 7 nitrogen and oxygen atoms in total. The van der Waals surface area contributed by atoms with Crippen molar-refractivity contribution in [3.63, 3.8) is 0 Å². The van der Waals surface area contributed by atoms with Crippen molar-refractivity contribution in [2.24, 2.45) is 17.8 Å². The van der Waals surface area contributed by atoms with Crippen molar-refractivity contribution in [2.75, 3.05) is 13.1 Å². The first-order valence-electron chi connectivity index (χ1n) is 10.6. The number of aryl methyl sites for hydroxylation is 2. The maximum atomic E-state index is 12.9. The second kappa shape index (κ2) is 7.22. The molecule has 160 valence electrons. The van der Waals surface area contributed by atoms with E-state index in [1.807, 2.05) is 59.7 Å². The maximum absolute atomic E-state index is 12.9. The van der Waals surface area contributed by atoms with E-state index < -0.39 is 5.60 Å². The van der Waals surface area contributed by atoms with E-state index >= 15 is 0 Å². The van der Waals surface area contributed by atoms with Crippen molar-refractivity contribution in [1.29, 1.82) is 0 Å². The summed E-state index contributed by atoms with van der Waals surface area (Å²) < 4.78 is 5.44. The van der Waals surface area contributed by atoms with Crippen molar-refractivity contribution in [1.82, 2.24) is 20.2 Å². The van der Waals surface area contributed by atoms with Gasteiger partial charge in [0.2, 0.25) is 5.91 Å². The number of hydrogen-bond acceptors (Lipinski definition) is 5. The Morgan fingerprint density at radius 3 is 2.47 bits per heavy atom. The standard InChI is InChI=1S/C23H30N4O3/c1-12-8-7-9-15-19(12)25-14(3)26-20(15)13(2)24-21(28)18-16-10-27(11-17(16)18)22(29)30-23(4,5)6/h7-9,13,16-18H,10-11H2,1-6H3,(H,24,28)/t13?,16-,17+,18?. The van der Waals surface area contributed by atoms with E-state index in [0.29, 0.717) is 18.9 Å². The third kappa shape index (κ3) is 3.85. The molecule has 1 aliphatic heterocycles. The van der Waals surface area contributed by atoms with Gasteiger partial charge in [0.1, 0.15) is 11.4 Å². The topological polar surface area (TPSA) is 84.4 Å². The largest absolute Gasteiger partial charge is 0.444 e. The molecule has 2 unspecified atom stereocenters. The van der Waals surface area contributed by atoms with Crippen LogP contribution in [0.15, 0.2) is 18.2 Å². The number of carbonyl (C=O) groups excluding carboxylic acids is 2. The summed E-state index contributed by atoms with van der Waals surface area (Å²) in [7, 11) is 0. The van der Waals surface area contributed by atoms with E-state index in [9.17, 15) is 9.59 Å². The van der Waals surface area contributed by atoms with Crippen LogP contribution in [0.3, 0.4) is 0 Å². The van der Waals surface area contributed by atoms with Crippen LogP contribution in [-0.2, 0) is 9.53 Å².